The Morgan fingerprint density at radius 1 is 1.31 bits per heavy atom. The van der Waals surface area contributed by atoms with Gasteiger partial charge in [-0.05, 0) is 42.0 Å². The highest BCUT2D eigenvalue weighted by Crippen LogP contribution is 2.24. The van der Waals surface area contributed by atoms with E-state index < -0.39 is 22.5 Å². The zero-order chi connectivity index (χ0) is 20.9. The molecule has 1 fully saturated rings. The van der Waals surface area contributed by atoms with Gasteiger partial charge in [-0.25, -0.2) is 13.8 Å². The Balaban J connectivity index is 1.60. The fraction of sp³-hybridized carbons (Fsp3) is 0.263. The molecule has 10 heteroatoms. The van der Waals surface area contributed by atoms with Crippen molar-refractivity contribution in [3.8, 4) is 5.75 Å². The molecule has 29 heavy (non-hydrogen) atoms. The van der Waals surface area contributed by atoms with E-state index >= 15 is 0 Å². The summed E-state index contributed by atoms with van der Waals surface area (Å²) in [6.45, 7) is -0.402. The molecule has 0 aromatic heterocycles. The molecule has 1 aliphatic heterocycles. The fourth-order valence-electron chi connectivity index (χ4n) is 2.49. The van der Waals surface area contributed by atoms with Crippen LogP contribution in [0.2, 0.25) is 5.02 Å². The van der Waals surface area contributed by atoms with Crippen molar-refractivity contribution in [1.82, 2.24) is 5.43 Å². The number of carbonyl (C=O) groups is 1. The van der Waals surface area contributed by atoms with Crippen molar-refractivity contribution in [3.05, 3.63) is 59.1 Å². The lowest BCUT2D eigenvalue weighted by molar-refractivity contribution is -0.119. The van der Waals surface area contributed by atoms with E-state index in [1.54, 1.807) is 12.1 Å². The Hall–Kier alpha value is -2.23. The van der Waals surface area contributed by atoms with Gasteiger partial charge in [0, 0.05) is 16.5 Å². The van der Waals surface area contributed by atoms with Crippen molar-refractivity contribution in [2.24, 2.45) is 5.10 Å². The number of nitrogens with zero attached hydrogens (tertiary/aromatic N) is 2. The quantitative estimate of drug-likeness (QED) is 0.490. The monoisotopic (exact) mass is 453 g/mol. The zero-order valence-electron chi connectivity index (χ0n) is 15.6. The van der Waals surface area contributed by atoms with Crippen LogP contribution in [0.3, 0.4) is 0 Å². The molecule has 0 aliphatic carbocycles. The lowest BCUT2D eigenvalue weighted by Crippen LogP contribution is -2.39. The first-order valence-electron chi connectivity index (χ1n) is 8.71. The van der Waals surface area contributed by atoms with Gasteiger partial charge in [0.2, 0.25) is 10.0 Å². The molecule has 1 aliphatic rings. The van der Waals surface area contributed by atoms with E-state index in [0.29, 0.717) is 10.7 Å². The Bertz CT molecular complexity index is 993. The molecule has 0 radical (unpaired) electrons. The Morgan fingerprint density at radius 3 is 2.66 bits per heavy atom. The third-order valence-electron chi connectivity index (χ3n) is 3.97. The van der Waals surface area contributed by atoms with Gasteiger partial charge >= 0.3 is 0 Å². The first-order chi connectivity index (χ1) is 13.8. The second kappa shape index (κ2) is 9.51. The van der Waals surface area contributed by atoms with Gasteiger partial charge in [-0.1, -0.05) is 23.7 Å². The average Bonchev–Trinajstić information content (AvgIpc) is 2.63. The maximum Gasteiger partial charge on any atom is 0.260 e. The largest absolute Gasteiger partial charge is 0.489 e. The summed E-state index contributed by atoms with van der Waals surface area (Å²) in [6.07, 6.45) is 2.75. The first-order valence-corrected chi connectivity index (χ1v) is 12.1. The third-order valence-corrected chi connectivity index (χ3v) is 6.58. The Labute approximate surface area is 179 Å². The minimum absolute atomic E-state index is 0.238. The van der Waals surface area contributed by atoms with Gasteiger partial charge in [0.15, 0.2) is 0 Å². The maximum atomic E-state index is 12.2. The molecule has 7 nitrogen and oxygen atoms in total. The molecule has 2 aromatic carbocycles. The van der Waals surface area contributed by atoms with Crippen molar-refractivity contribution in [3.63, 3.8) is 0 Å². The number of halogens is 1. The average molecular weight is 454 g/mol. The van der Waals surface area contributed by atoms with E-state index in [1.807, 2.05) is 36.0 Å². The molecule has 3 rings (SSSR count). The van der Waals surface area contributed by atoms with Crippen molar-refractivity contribution >= 4 is 51.2 Å². The maximum absolute atomic E-state index is 12.2. The van der Waals surface area contributed by atoms with Crippen LogP contribution in [0.15, 0.2) is 53.6 Å². The summed E-state index contributed by atoms with van der Waals surface area (Å²) in [5.74, 6) is 2.15. The molecule has 1 saturated heterocycles. The summed E-state index contributed by atoms with van der Waals surface area (Å²) >= 11 is 7.68. The number of rotatable bonds is 8. The van der Waals surface area contributed by atoms with Crippen LogP contribution in [0.1, 0.15) is 5.56 Å². The van der Waals surface area contributed by atoms with E-state index in [1.165, 1.54) is 18.3 Å². The summed E-state index contributed by atoms with van der Waals surface area (Å²) in [6, 6.07) is 13.6. The third kappa shape index (κ3) is 6.38. The molecule has 0 bridgehead atoms. The number of hydrazone groups is 1. The van der Waals surface area contributed by atoms with E-state index in [2.05, 4.69) is 10.5 Å². The highest BCUT2D eigenvalue weighted by molar-refractivity contribution is 8.00. The van der Waals surface area contributed by atoms with E-state index in [0.717, 1.165) is 33.4 Å². The molecule has 154 valence electrons. The number of anilines is 1. The standard InChI is InChI=1S/C19H20ClN3O4S2/c1-29(25,26)23(16-7-5-15(20)6-8-16)11-19(24)22-21-10-14-3-2-4-17(9-14)27-18-12-28-13-18/h2-10,18H,11-13H2,1H3,(H,22,24)/b21-10-. The van der Waals surface area contributed by atoms with Gasteiger partial charge in [-0.2, -0.15) is 16.9 Å². The van der Waals surface area contributed by atoms with Crippen LogP contribution in [0.25, 0.3) is 0 Å². The lowest BCUT2D eigenvalue weighted by atomic mass is 10.2. The highest BCUT2D eigenvalue weighted by atomic mass is 35.5. The predicted molar refractivity (Wildman–Crippen MR) is 118 cm³/mol. The van der Waals surface area contributed by atoms with Gasteiger partial charge in [0.05, 0.1) is 18.2 Å². The van der Waals surface area contributed by atoms with Crippen LogP contribution in [-0.4, -0.2) is 50.9 Å². The number of hydrogen-bond acceptors (Lipinski definition) is 6. The van der Waals surface area contributed by atoms with Crippen molar-refractivity contribution < 1.29 is 17.9 Å². The lowest BCUT2D eigenvalue weighted by Gasteiger charge is -2.25. The van der Waals surface area contributed by atoms with Crippen molar-refractivity contribution in [2.75, 3.05) is 28.6 Å². The number of ether oxygens (including phenoxy) is 1. The van der Waals surface area contributed by atoms with Gasteiger partial charge in [0.25, 0.3) is 5.91 Å². The van der Waals surface area contributed by atoms with Crippen LogP contribution in [-0.2, 0) is 14.8 Å². The zero-order valence-corrected chi connectivity index (χ0v) is 18.0. The van der Waals surface area contributed by atoms with E-state index in [9.17, 15) is 13.2 Å². The number of hydrogen-bond donors (Lipinski definition) is 1. The predicted octanol–water partition coefficient (Wildman–Crippen LogP) is 2.75. The van der Waals surface area contributed by atoms with Crippen LogP contribution in [0, 0.1) is 0 Å². The number of carbonyl (C=O) groups excluding carboxylic acids is 1. The van der Waals surface area contributed by atoms with Crippen LogP contribution in [0.4, 0.5) is 5.69 Å². The van der Waals surface area contributed by atoms with Gasteiger partial charge in [-0.3, -0.25) is 9.10 Å². The first kappa shape index (κ1) is 21.5. The molecule has 1 N–H and O–H groups in total. The number of sulfonamides is 1. The van der Waals surface area contributed by atoms with Crippen LogP contribution < -0.4 is 14.5 Å². The molecular formula is C19H20ClN3O4S2. The molecule has 1 heterocycles. The normalized spacial score (nSPS) is 14.4. The summed E-state index contributed by atoms with van der Waals surface area (Å²) < 4.78 is 30.9. The molecule has 2 aromatic rings. The number of amides is 1. The summed E-state index contributed by atoms with van der Waals surface area (Å²) in [5.41, 5.74) is 3.45. The summed E-state index contributed by atoms with van der Waals surface area (Å²) in [7, 11) is -3.66. The van der Waals surface area contributed by atoms with E-state index in [-0.39, 0.29) is 6.10 Å². The SMILES string of the molecule is CS(=O)(=O)N(CC(=O)N/N=C\c1cccc(OC2CSC2)c1)c1ccc(Cl)cc1. The van der Waals surface area contributed by atoms with Crippen molar-refractivity contribution in [2.45, 2.75) is 6.10 Å². The molecule has 0 saturated carbocycles. The molecule has 0 spiro atoms. The highest BCUT2D eigenvalue weighted by Gasteiger charge is 2.21. The smallest absolute Gasteiger partial charge is 0.260 e. The molecule has 1 amide bonds. The van der Waals surface area contributed by atoms with Crippen molar-refractivity contribution in [1.29, 1.82) is 0 Å². The van der Waals surface area contributed by atoms with Gasteiger partial charge in [0.1, 0.15) is 18.4 Å². The minimum Gasteiger partial charge on any atom is -0.489 e. The number of nitrogens with one attached hydrogen (secondary N) is 1. The van der Waals surface area contributed by atoms with Crippen LogP contribution >= 0.6 is 23.4 Å². The Kier molecular flexibility index (Phi) is 7.05. The molecular weight excluding hydrogens is 434 g/mol. The van der Waals surface area contributed by atoms with Gasteiger partial charge in [-0.15, -0.1) is 0 Å². The van der Waals surface area contributed by atoms with Crippen LogP contribution in [0.5, 0.6) is 5.75 Å². The summed E-state index contributed by atoms with van der Waals surface area (Å²) in [4.78, 5) is 12.2. The summed E-state index contributed by atoms with van der Waals surface area (Å²) in [5, 5.41) is 4.38. The number of thioether (sulfide) groups is 1. The van der Waals surface area contributed by atoms with E-state index in [4.69, 9.17) is 16.3 Å². The second-order valence-electron chi connectivity index (χ2n) is 6.39. The number of benzene rings is 2. The molecule has 0 unspecified atom stereocenters. The molecule has 0 atom stereocenters. The minimum atomic E-state index is -3.66. The van der Waals surface area contributed by atoms with Gasteiger partial charge < -0.3 is 4.74 Å². The fourth-order valence-corrected chi connectivity index (χ4v) is 4.04. The topological polar surface area (TPSA) is 88.1 Å². The Morgan fingerprint density at radius 2 is 2.03 bits per heavy atom. The second-order valence-corrected chi connectivity index (χ2v) is 9.81.